The largest absolute Gasteiger partial charge is 0.346 e. The van der Waals surface area contributed by atoms with Gasteiger partial charge in [0, 0.05) is 37.7 Å². The number of carbonyl (C=O) groups is 2. The number of hydrogen-bond donors (Lipinski definition) is 2. The number of rotatable bonds is 5. The van der Waals surface area contributed by atoms with E-state index in [2.05, 4.69) is 10.2 Å². The van der Waals surface area contributed by atoms with Crippen molar-refractivity contribution in [2.45, 2.75) is 6.54 Å². The second kappa shape index (κ2) is 11.5. The SMILES string of the molecule is Cl.Cl.NCC(=O)NCC(=O)N1CCN(Cc2cccc(Cl)c2)CC1. The van der Waals surface area contributed by atoms with Gasteiger partial charge in [0.2, 0.25) is 11.8 Å². The first-order valence-electron chi connectivity index (χ1n) is 7.30. The number of hydrogen-bond acceptors (Lipinski definition) is 4. The van der Waals surface area contributed by atoms with Gasteiger partial charge >= 0.3 is 0 Å². The molecule has 0 aliphatic carbocycles. The Balaban J connectivity index is 0.00000264. The van der Waals surface area contributed by atoms with Gasteiger partial charge in [-0.15, -0.1) is 24.8 Å². The van der Waals surface area contributed by atoms with Gasteiger partial charge in [0.25, 0.3) is 0 Å². The number of halogens is 3. The van der Waals surface area contributed by atoms with E-state index < -0.39 is 0 Å². The summed E-state index contributed by atoms with van der Waals surface area (Å²) in [6.07, 6.45) is 0. The summed E-state index contributed by atoms with van der Waals surface area (Å²) in [6, 6.07) is 7.81. The average molecular weight is 398 g/mol. The molecule has 1 aromatic rings. The van der Waals surface area contributed by atoms with Crippen molar-refractivity contribution in [3.63, 3.8) is 0 Å². The maximum atomic E-state index is 12.0. The molecular formula is C15H23Cl3N4O2. The minimum atomic E-state index is -0.312. The number of carbonyl (C=O) groups excluding carboxylic acids is 2. The Kier molecular flexibility index (Phi) is 11.0. The van der Waals surface area contributed by atoms with Gasteiger partial charge in [-0.05, 0) is 17.7 Å². The topological polar surface area (TPSA) is 78.7 Å². The zero-order valence-corrected chi connectivity index (χ0v) is 15.6. The molecule has 1 aliphatic rings. The summed E-state index contributed by atoms with van der Waals surface area (Å²) in [5, 5.41) is 3.24. The predicted molar refractivity (Wildman–Crippen MR) is 99.9 cm³/mol. The molecule has 0 spiro atoms. The number of nitrogens with two attached hydrogens (primary N) is 1. The minimum absolute atomic E-state index is 0. The maximum Gasteiger partial charge on any atom is 0.242 e. The molecule has 0 unspecified atom stereocenters. The Labute approximate surface area is 159 Å². The fraction of sp³-hybridized carbons (Fsp3) is 0.467. The molecule has 0 bridgehead atoms. The maximum absolute atomic E-state index is 12.0. The summed E-state index contributed by atoms with van der Waals surface area (Å²) in [5.74, 6) is -0.378. The predicted octanol–water partition coefficient (Wildman–Crippen LogP) is 0.903. The lowest BCUT2D eigenvalue weighted by Gasteiger charge is -2.34. The number of nitrogens with one attached hydrogen (secondary N) is 1. The second-order valence-corrected chi connectivity index (χ2v) is 5.70. The second-order valence-electron chi connectivity index (χ2n) is 5.27. The molecule has 0 aromatic heterocycles. The number of amides is 2. The number of benzene rings is 1. The van der Waals surface area contributed by atoms with Crippen molar-refractivity contribution < 1.29 is 9.59 Å². The van der Waals surface area contributed by atoms with Crippen LogP contribution in [-0.4, -0.2) is 60.9 Å². The molecule has 24 heavy (non-hydrogen) atoms. The van der Waals surface area contributed by atoms with Crippen LogP contribution in [-0.2, 0) is 16.1 Å². The first-order chi connectivity index (χ1) is 10.6. The molecule has 6 nitrogen and oxygen atoms in total. The molecule has 136 valence electrons. The summed E-state index contributed by atoms with van der Waals surface area (Å²) in [7, 11) is 0. The molecule has 0 atom stereocenters. The highest BCUT2D eigenvalue weighted by atomic mass is 35.5. The third-order valence-electron chi connectivity index (χ3n) is 3.64. The lowest BCUT2D eigenvalue weighted by atomic mass is 10.2. The smallest absolute Gasteiger partial charge is 0.242 e. The fourth-order valence-electron chi connectivity index (χ4n) is 2.41. The molecule has 1 fully saturated rings. The van der Waals surface area contributed by atoms with E-state index in [-0.39, 0.29) is 49.7 Å². The average Bonchev–Trinajstić information content (AvgIpc) is 2.53. The van der Waals surface area contributed by atoms with Crippen molar-refractivity contribution in [2.24, 2.45) is 5.73 Å². The van der Waals surface area contributed by atoms with Gasteiger partial charge < -0.3 is 16.0 Å². The molecule has 2 rings (SSSR count). The van der Waals surface area contributed by atoms with E-state index in [0.717, 1.165) is 24.7 Å². The van der Waals surface area contributed by atoms with Gasteiger partial charge in [-0.25, -0.2) is 0 Å². The Hall–Kier alpha value is -1.05. The molecule has 9 heteroatoms. The van der Waals surface area contributed by atoms with Crippen LogP contribution in [0, 0.1) is 0 Å². The lowest BCUT2D eigenvalue weighted by molar-refractivity contribution is -0.134. The Morgan fingerprint density at radius 3 is 2.42 bits per heavy atom. The number of piperazine rings is 1. The van der Waals surface area contributed by atoms with Gasteiger partial charge in [-0.1, -0.05) is 23.7 Å². The molecule has 0 saturated carbocycles. The summed E-state index contributed by atoms with van der Waals surface area (Å²) < 4.78 is 0. The molecule has 3 N–H and O–H groups in total. The Morgan fingerprint density at radius 1 is 1.17 bits per heavy atom. The van der Waals surface area contributed by atoms with Crippen LogP contribution in [0.1, 0.15) is 5.56 Å². The van der Waals surface area contributed by atoms with Crippen molar-refractivity contribution >= 4 is 48.2 Å². The Bertz CT molecular complexity index is 537. The van der Waals surface area contributed by atoms with Crippen LogP contribution in [0.25, 0.3) is 0 Å². The zero-order valence-electron chi connectivity index (χ0n) is 13.2. The molecule has 2 amide bonds. The summed E-state index contributed by atoms with van der Waals surface area (Å²) >= 11 is 5.98. The first-order valence-corrected chi connectivity index (χ1v) is 7.67. The van der Waals surface area contributed by atoms with Gasteiger partial charge in [-0.3, -0.25) is 14.5 Å². The zero-order chi connectivity index (χ0) is 15.9. The van der Waals surface area contributed by atoms with E-state index in [4.69, 9.17) is 17.3 Å². The molecule has 1 aliphatic heterocycles. The van der Waals surface area contributed by atoms with E-state index in [1.54, 1.807) is 4.90 Å². The van der Waals surface area contributed by atoms with Crippen LogP contribution in [0.5, 0.6) is 0 Å². The van der Waals surface area contributed by atoms with Crippen molar-refractivity contribution in [2.75, 3.05) is 39.3 Å². The van der Waals surface area contributed by atoms with Crippen molar-refractivity contribution in [3.05, 3.63) is 34.9 Å². The summed E-state index contributed by atoms with van der Waals surface area (Å²) in [5.41, 5.74) is 6.35. The van der Waals surface area contributed by atoms with E-state index in [1.807, 2.05) is 24.3 Å². The van der Waals surface area contributed by atoms with E-state index in [9.17, 15) is 9.59 Å². The van der Waals surface area contributed by atoms with Crippen molar-refractivity contribution in [3.8, 4) is 0 Å². The van der Waals surface area contributed by atoms with Crippen LogP contribution in [0.2, 0.25) is 5.02 Å². The van der Waals surface area contributed by atoms with Gasteiger partial charge in [-0.2, -0.15) is 0 Å². The van der Waals surface area contributed by atoms with Crippen molar-refractivity contribution in [1.29, 1.82) is 0 Å². The monoisotopic (exact) mass is 396 g/mol. The van der Waals surface area contributed by atoms with Crippen LogP contribution in [0.4, 0.5) is 0 Å². The third-order valence-corrected chi connectivity index (χ3v) is 3.88. The Morgan fingerprint density at radius 2 is 1.83 bits per heavy atom. The third kappa shape index (κ3) is 7.23. The van der Waals surface area contributed by atoms with E-state index in [1.165, 1.54) is 5.56 Å². The fourth-order valence-corrected chi connectivity index (χ4v) is 2.62. The highest BCUT2D eigenvalue weighted by Crippen LogP contribution is 2.13. The number of nitrogens with zero attached hydrogens (tertiary/aromatic N) is 2. The first kappa shape index (κ1) is 22.9. The van der Waals surface area contributed by atoms with Gasteiger partial charge in [0.05, 0.1) is 13.1 Å². The van der Waals surface area contributed by atoms with Gasteiger partial charge in [0.15, 0.2) is 0 Å². The standard InChI is InChI=1S/C15H21ClN4O2.2ClH/c16-13-3-1-2-12(8-13)11-19-4-6-20(7-5-19)15(22)10-18-14(21)9-17;;/h1-3,8H,4-7,9-11,17H2,(H,18,21);2*1H. The molecule has 0 radical (unpaired) electrons. The highest BCUT2D eigenvalue weighted by molar-refractivity contribution is 6.30. The van der Waals surface area contributed by atoms with Crippen LogP contribution >= 0.6 is 36.4 Å². The molecule has 1 saturated heterocycles. The normalized spacial score (nSPS) is 14.3. The highest BCUT2D eigenvalue weighted by Gasteiger charge is 2.21. The van der Waals surface area contributed by atoms with Crippen LogP contribution in [0.3, 0.4) is 0 Å². The summed E-state index contributed by atoms with van der Waals surface area (Å²) in [4.78, 5) is 27.1. The van der Waals surface area contributed by atoms with Crippen molar-refractivity contribution in [1.82, 2.24) is 15.1 Å². The van der Waals surface area contributed by atoms with Gasteiger partial charge in [0.1, 0.15) is 0 Å². The lowest BCUT2D eigenvalue weighted by Crippen LogP contribution is -2.51. The molecule has 1 heterocycles. The summed E-state index contributed by atoms with van der Waals surface area (Å²) in [6.45, 7) is 3.69. The molecular weight excluding hydrogens is 375 g/mol. The molecule has 1 aromatic carbocycles. The van der Waals surface area contributed by atoms with E-state index >= 15 is 0 Å². The van der Waals surface area contributed by atoms with Crippen LogP contribution in [0.15, 0.2) is 24.3 Å². The van der Waals surface area contributed by atoms with Crippen LogP contribution < -0.4 is 11.1 Å². The van der Waals surface area contributed by atoms with E-state index in [0.29, 0.717) is 13.1 Å². The minimum Gasteiger partial charge on any atom is -0.346 e. The quantitative estimate of drug-likeness (QED) is 0.774.